The number of halogens is 2. The molecular formula is C16H24I2O5Si. The van der Waals surface area contributed by atoms with Gasteiger partial charge in [0.2, 0.25) is 0 Å². The summed E-state index contributed by atoms with van der Waals surface area (Å²) in [6, 6.07) is 6.17. The first-order valence-corrected chi connectivity index (χ1v) is 12.1. The Kier molecular flexibility index (Phi) is 10.9. The molecule has 1 aromatic rings. The molecule has 0 aromatic heterocycles. The molecule has 0 atom stereocenters. The van der Waals surface area contributed by atoms with Crippen LogP contribution in [0.15, 0.2) is 18.2 Å². The molecule has 136 valence electrons. The van der Waals surface area contributed by atoms with Crippen molar-refractivity contribution >= 4 is 60.0 Å². The molecule has 0 unspecified atom stereocenters. The topological polar surface area (TPSA) is 54.0 Å². The zero-order valence-corrected chi connectivity index (χ0v) is 19.6. The molecule has 0 spiro atoms. The van der Waals surface area contributed by atoms with E-state index in [4.69, 9.17) is 18.0 Å². The van der Waals surface area contributed by atoms with Crippen molar-refractivity contribution in [2.24, 2.45) is 0 Å². The first-order chi connectivity index (χ1) is 11.5. The van der Waals surface area contributed by atoms with Crippen molar-refractivity contribution in [1.29, 1.82) is 0 Å². The maximum absolute atomic E-state index is 12.1. The van der Waals surface area contributed by atoms with Gasteiger partial charge in [0.1, 0.15) is 0 Å². The monoisotopic (exact) mass is 578 g/mol. The van der Waals surface area contributed by atoms with Crippen LogP contribution in [0.25, 0.3) is 0 Å². The fraction of sp³-hybridized carbons (Fsp3) is 0.562. The molecule has 0 aliphatic carbocycles. The number of ether oxygens (including phenoxy) is 1. The van der Waals surface area contributed by atoms with Crippen molar-refractivity contribution in [3.63, 3.8) is 0 Å². The van der Waals surface area contributed by atoms with Gasteiger partial charge in [-0.25, -0.2) is 4.79 Å². The highest BCUT2D eigenvalue weighted by Crippen LogP contribution is 2.19. The first kappa shape index (κ1) is 22.3. The van der Waals surface area contributed by atoms with E-state index in [-0.39, 0.29) is 5.97 Å². The van der Waals surface area contributed by atoms with Crippen molar-refractivity contribution in [2.45, 2.75) is 33.2 Å². The zero-order valence-electron chi connectivity index (χ0n) is 14.3. The first-order valence-electron chi connectivity index (χ1n) is 8.02. The number of esters is 1. The lowest BCUT2D eigenvalue weighted by Crippen LogP contribution is -2.46. The molecule has 5 nitrogen and oxygen atoms in total. The van der Waals surface area contributed by atoms with Crippen LogP contribution in [0.1, 0.15) is 37.6 Å². The summed E-state index contributed by atoms with van der Waals surface area (Å²) < 4.78 is 24.9. The normalized spacial score (nSPS) is 11.5. The van der Waals surface area contributed by atoms with Crippen LogP contribution in [0.3, 0.4) is 0 Å². The Morgan fingerprint density at radius 1 is 1.00 bits per heavy atom. The summed E-state index contributed by atoms with van der Waals surface area (Å²) >= 11 is 4.44. The molecule has 0 radical (unpaired) electrons. The van der Waals surface area contributed by atoms with Crippen LogP contribution >= 0.6 is 45.2 Å². The number of hydrogen-bond acceptors (Lipinski definition) is 5. The molecule has 1 aromatic carbocycles. The van der Waals surface area contributed by atoms with Gasteiger partial charge in [-0.3, -0.25) is 0 Å². The summed E-state index contributed by atoms with van der Waals surface area (Å²) in [5.74, 6) is -0.305. The third kappa shape index (κ3) is 7.24. The Labute approximate surface area is 172 Å². The quantitative estimate of drug-likeness (QED) is 0.168. The fourth-order valence-electron chi connectivity index (χ4n) is 2.16. The number of hydrogen-bond donors (Lipinski definition) is 0. The molecule has 0 aliphatic rings. The molecule has 0 heterocycles. The summed E-state index contributed by atoms with van der Waals surface area (Å²) in [4.78, 5) is 12.1. The third-order valence-corrected chi connectivity index (χ3v) is 9.13. The van der Waals surface area contributed by atoms with Crippen LogP contribution < -0.4 is 0 Å². The standard InChI is InChI=1S/C16H24I2O5Si/c1-4-21-24(22-5-2,23-6-3)11-7-10-20-16(19)13-8-9-14(17)15(18)12-13/h8-9,12H,4-7,10-11H2,1-3H3. The molecule has 8 heteroatoms. The minimum atomic E-state index is -2.66. The van der Waals surface area contributed by atoms with Gasteiger partial charge in [0.05, 0.1) is 12.2 Å². The van der Waals surface area contributed by atoms with Crippen LogP contribution in [0.2, 0.25) is 6.04 Å². The van der Waals surface area contributed by atoms with Crippen molar-refractivity contribution in [2.75, 3.05) is 26.4 Å². The number of benzene rings is 1. The van der Waals surface area contributed by atoms with Crippen LogP contribution in [0, 0.1) is 7.14 Å². The van der Waals surface area contributed by atoms with E-state index in [9.17, 15) is 4.79 Å². The van der Waals surface area contributed by atoms with E-state index in [0.29, 0.717) is 44.5 Å². The Morgan fingerprint density at radius 2 is 1.58 bits per heavy atom. The Bertz CT molecular complexity index is 510. The Balaban J connectivity index is 2.52. The van der Waals surface area contributed by atoms with Gasteiger partial charge in [-0.2, -0.15) is 0 Å². The highest BCUT2D eigenvalue weighted by Gasteiger charge is 2.39. The van der Waals surface area contributed by atoms with Crippen molar-refractivity contribution in [3.8, 4) is 0 Å². The van der Waals surface area contributed by atoms with Crippen LogP contribution in [0.4, 0.5) is 0 Å². The van der Waals surface area contributed by atoms with Gasteiger partial charge in [0.25, 0.3) is 0 Å². The summed E-state index contributed by atoms with van der Waals surface area (Å²) in [5.41, 5.74) is 0.572. The van der Waals surface area contributed by atoms with E-state index < -0.39 is 8.80 Å². The van der Waals surface area contributed by atoms with Gasteiger partial charge in [-0.05, 0) is 90.6 Å². The number of carbonyl (C=O) groups excluding carboxylic acids is 1. The molecule has 24 heavy (non-hydrogen) atoms. The van der Waals surface area contributed by atoms with E-state index in [1.54, 1.807) is 6.07 Å². The Hall–Kier alpha value is 0.247. The zero-order chi connectivity index (χ0) is 18.0. The van der Waals surface area contributed by atoms with E-state index in [0.717, 1.165) is 7.14 Å². The van der Waals surface area contributed by atoms with Gasteiger partial charge >= 0.3 is 14.8 Å². The average molecular weight is 578 g/mol. The molecule has 0 N–H and O–H groups in total. The maximum Gasteiger partial charge on any atom is 0.501 e. The van der Waals surface area contributed by atoms with Gasteiger partial charge in [0.15, 0.2) is 0 Å². The molecule has 0 saturated heterocycles. The van der Waals surface area contributed by atoms with Crippen molar-refractivity contribution in [3.05, 3.63) is 30.9 Å². The predicted octanol–water partition coefficient (Wildman–Crippen LogP) is 4.49. The minimum Gasteiger partial charge on any atom is -0.462 e. The summed E-state index contributed by atoms with van der Waals surface area (Å²) in [5, 5.41) is 0. The van der Waals surface area contributed by atoms with Crippen molar-refractivity contribution < 1.29 is 22.8 Å². The predicted molar refractivity (Wildman–Crippen MR) is 112 cm³/mol. The Morgan fingerprint density at radius 3 is 2.08 bits per heavy atom. The number of carbonyl (C=O) groups is 1. The van der Waals surface area contributed by atoms with Crippen molar-refractivity contribution in [1.82, 2.24) is 0 Å². The van der Waals surface area contributed by atoms with Crippen LogP contribution in [-0.4, -0.2) is 41.2 Å². The lowest BCUT2D eigenvalue weighted by molar-refractivity contribution is 0.0468. The second kappa shape index (κ2) is 11.8. The summed E-state index contributed by atoms with van der Waals surface area (Å²) in [7, 11) is -2.66. The minimum absolute atomic E-state index is 0.305. The highest BCUT2D eigenvalue weighted by atomic mass is 127. The van der Waals surface area contributed by atoms with E-state index in [1.807, 2.05) is 32.9 Å². The molecular weight excluding hydrogens is 554 g/mol. The van der Waals surface area contributed by atoms with Crippen LogP contribution in [-0.2, 0) is 18.0 Å². The molecule has 0 bridgehead atoms. The maximum atomic E-state index is 12.1. The third-order valence-electron chi connectivity index (χ3n) is 3.11. The molecule has 0 fully saturated rings. The largest absolute Gasteiger partial charge is 0.501 e. The van der Waals surface area contributed by atoms with E-state index in [1.165, 1.54) is 0 Å². The smallest absolute Gasteiger partial charge is 0.462 e. The molecule has 0 aliphatic heterocycles. The molecule has 1 rings (SSSR count). The highest BCUT2D eigenvalue weighted by molar-refractivity contribution is 14.1. The summed E-state index contributed by atoms with van der Waals surface area (Å²) in [6.07, 6.45) is 0.652. The lowest BCUT2D eigenvalue weighted by atomic mass is 10.2. The number of rotatable bonds is 11. The second-order valence-electron chi connectivity index (χ2n) is 4.85. The van der Waals surface area contributed by atoms with Gasteiger partial charge in [0, 0.05) is 33.0 Å². The molecule has 0 amide bonds. The second-order valence-corrected chi connectivity index (χ2v) is 9.91. The van der Waals surface area contributed by atoms with Crippen LogP contribution in [0.5, 0.6) is 0 Å². The van der Waals surface area contributed by atoms with E-state index >= 15 is 0 Å². The van der Waals surface area contributed by atoms with E-state index in [2.05, 4.69) is 45.2 Å². The SMILES string of the molecule is CCO[Si](CCCOC(=O)c1ccc(I)c(I)c1)(OCC)OCC. The van der Waals surface area contributed by atoms with Gasteiger partial charge in [-0.15, -0.1) is 0 Å². The van der Waals surface area contributed by atoms with Gasteiger partial charge in [-0.1, -0.05) is 0 Å². The van der Waals surface area contributed by atoms with Gasteiger partial charge < -0.3 is 18.0 Å². The molecule has 0 saturated carbocycles. The average Bonchev–Trinajstić information content (AvgIpc) is 2.55. The lowest BCUT2D eigenvalue weighted by Gasteiger charge is -2.28. The summed E-state index contributed by atoms with van der Waals surface area (Å²) in [6.45, 7) is 7.76. The fourth-order valence-corrected chi connectivity index (χ4v) is 5.59.